The van der Waals surface area contributed by atoms with Crippen molar-refractivity contribution in [3.63, 3.8) is 0 Å². The van der Waals surface area contributed by atoms with Crippen molar-refractivity contribution in [2.45, 2.75) is 19.3 Å². The number of carbonyl (C=O) groups is 1. The second-order valence-electron chi connectivity index (χ2n) is 3.95. The van der Waals surface area contributed by atoms with Gasteiger partial charge in [0.1, 0.15) is 11.4 Å². The molecule has 0 amide bonds. The maximum absolute atomic E-state index is 13.4. The average Bonchev–Trinajstić information content (AvgIpc) is 2.33. The zero-order valence-electron chi connectivity index (χ0n) is 10.4. The molecule has 0 aliphatic rings. The van der Waals surface area contributed by atoms with Gasteiger partial charge in [-0.1, -0.05) is 12.5 Å². The molecule has 0 atom stereocenters. The Balaban J connectivity index is 2.47. The first kappa shape index (κ1) is 14.8. The molecule has 1 rings (SSSR count). The highest BCUT2D eigenvalue weighted by Gasteiger charge is 2.14. The van der Waals surface area contributed by atoms with Crippen LogP contribution in [-0.4, -0.2) is 29.6 Å². The van der Waals surface area contributed by atoms with Crippen LogP contribution in [0.15, 0.2) is 18.2 Å². The van der Waals surface area contributed by atoms with Crippen LogP contribution in [0, 0.1) is 5.82 Å². The number of aromatic carboxylic acids is 1. The fraction of sp³-hybridized carbons (Fsp3) is 0.462. The van der Waals surface area contributed by atoms with Gasteiger partial charge in [-0.3, -0.25) is 0 Å². The highest BCUT2D eigenvalue weighted by molar-refractivity contribution is 7.98. The van der Waals surface area contributed by atoms with Crippen LogP contribution in [0.5, 0.6) is 0 Å². The third-order valence-electron chi connectivity index (χ3n) is 2.57. The minimum Gasteiger partial charge on any atom is -0.478 e. The van der Waals surface area contributed by atoms with E-state index < -0.39 is 11.8 Å². The van der Waals surface area contributed by atoms with E-state index in [0.717, 1.165) is 31.1 Å². The van der Waals surface area contributed by atoms with Crippen molar-refractivity contribution < 1.29 is 14.3 Å². The van der Waals surface area contributed by atoms with Crippen molar-refractivity contribution >= 4 is 23.4 Å². The van der Waals surface area contributed by atoms with Crippen LogP contribution in [0.4, 0.5) is 10.1 Å². The van der Waals surface area contributed by atoms with E-state index in [1.807, 2.05) is 11.8 Å². The second kappa shape index (κ2) is 7.97. The van der Waals surface area contributed by atoms with Crippen molar-refractivity contribution in [2.75, 3.05) is 23.9 Å². The Hall–Kier alpha value is -1.23. The molecular formula is C13H18FNO2S. The van der Waals surface area contributed by atoms with Crippen molar-refractivity contribution in [1.29, 1.82) is 0 Å². The Bertz CT molecular complexity index is 399. The number of rotatable bonds is 8. The summed E-state index contributed by atoms with van der Waals surface area (Å²) in [6.45, 7) is 0.665. The number of carboxylic acid groups (broad SMARTS) is 1. The fourth-order valence-corrected chi connectivity index (χ4v) is 2.15. The number of benzene rings is 1. The Labute approximate surface area is 111 Å². The molecule has 3 nitrogen and oxygen atoms in total. The van der Waals surface area contributed by atoms with E-state index in [4.69, 9.17) is 5.11 Å². The van der Waals surface area contributed by atoms with Crippen LogP contribution in [0.25, 0.3) is 0 Å². The molecule has 0 aromatic heterocycles. The van der Waals surface area contributed by atoms with Gasteiger partial charge in [0.05, 0.1) is 5.69 Å². The highest BCUT2D eigenvalue weighted by atomic mass is 32.2. The van der Waals surface area contributed by atoms with Gasteiger partial charge in [0, 0.05) is 6.54 Å². The zero-order chi connectivity index (χ0) is 13.4. The molecule has 100 valence electrons. The van der Waals surface area contributed by atoms with Crippen LogP contribution in [0.1, 0.15) is 29.6 Å². The minimum atomic E-state index is -1.24. The van der Waals surface area contributed by atoms with Crippen molar-refractivity contribution in [3.05, 3.63) is 29.6 Å². The van der Waals surface area contributed by atoms with Gasteiger partial charge in [0.2, 0.25) is 0 Å². The Morgan fingerprint density at radius 2 is 2.17 bits per heavy atom. The Morgan fingerprint density at radius 3 is 2.83 bits per heavy atom. The molecule has 0 bridgehead atoms. The SMILES string of the molecule is CSCCCCCNc1cccc(F)c1C(=O)O. The molecule has 5 heteroatoms. The zero-order valence-corrected chi connectivity index (χ0v) is 11.2. The quantitative estimate of drug-likeness (QED) is 0.711. The van der Waals surface area contributed by atoms with Crippen LogP contribution >= 0.6 is 11.8 Å². The lowest BCUT2D eigenvalue weighted by atomic mass is 10.1. The van der Waals surface area contributed by atoms with Crippen LogP contribution in [-0.2, 0) is 0 Å². The molecule has 1 aromatic carbocycles. The first-order valence-corrected chi connectivity index (χ1v) is 7.31. The summed E-state index contributed by atoms with van der Waals surface area (Å²) < 4.78 is 13.4. The van der Waals surface area contributed by atoms with Gasteiger partial charge in [-0.15, -0.1) is 0 Å². The summed E-state index contributed by atoms with van der Waals surface area (Å²) in [5.41, 5.74) is 0.0778. The molecule has 0 aliphatic heterocycles. The molecule has 0 saturated heterocycles. The van der Waals surface area contributed by atoms with Gasteiger partial charge >= 0.3 is 5.97 Å². The third kappa shape index (κ3) is 4.56. The summed E-state index contributed by atoms with van der Waals surface area (Å²) in [5.74, 6) is -0.798. The summed E-state index contributed by atoms with van der Waals surface area (Å²) in [5, 5.41) is 11.9. The van der Waals surface area contributed by atoms with Gasteiger partial charge < -0.3 is 10.4 Å². The van der Waals surface area contributed by atoms with E-state index in [0.29, 0.717) is 12.2 Å². The van der Waals surface area contributed by atoms with E-state index in [1.54, 1.807) is 6.07 Å². The van der Waals surface area contributed by atoms with Gasteiger partial charge in [0.15, 0.2) is 0 Å². The molecule has 0 spiro atoms. The Kier molecular flexibility index (Phi) is 6.57. The molecule has 0 aliphatic carbocycles. The van der Waals surface area contributed by atoms with Gasteiger partial charge in [-0.05, 0) is 37.0 Å². The fourth-order valence-electron chi connectivity index (χ4n) is 1.66. The van der Waals surface area contributed by atoms with E-state index in [9.17, 15) is 9.18 Å². The first-order chi connectivity index (χ1) is 8.66. The number of halogens is 1. The lowest BCUT2D eigenvalue weighted by molar-refractivity contribution is 0.0693. The summed E-state index contributed by atoms with van der Waals surface area (Å²) in [6, 6.07) is 4.26. The predicted molar refractivity (Wildman–Crippen MR) is 74.1 cm³/mol. The topological polar surface area (TPSA) is 49.3 Å². The van der Waals surface area contributed by atoms with Gasteiger partial charge in [0.25, 0.3) is 0 Å². The number of hydrogen-bond donors (Lipinski definition) is 2. The van der Waals surface area contributed by atoms with E-state index in [2.05, 4.69) is 11.6 Å². The summed E-state index contributed by atoms with van der Waals surface area (Å²) in [7, 11) is 0. The van der Waals surface area contributed by atoms with E-state index >= 15 is 0 Å². The molecule has 2 N–H and O–H groups in total. The Morgan fingerprint density at radius 1 is 1.39 bits per heavy atom. The number of anilines is 1. The third-order valence-corrected chi connectivity index (χ3v) is 3.27. The van der Waals surface area contributed by atoms with Gasteiger partial charge in [-0.25, -0.2) is 9.18 Å². The minimum absolute atomic E-state index is 0.276. The standard InChI is InChI=1S/C13H18FNO2S/c1-18-9-4-2-3-8-15-11-7-5-6-10(14)12(11)13(16)17/h5-7,15H,2-4,8-9H2,1H3,(H,16,17). The molecule has 18 heavy (non-hydrogen) atoms. The summed E-state index contributed by atoms with van der Waals surface area (Å²) in [6.07, 6.45) is 5.27. The second-order valence-corrected chi connectivity index (χ2v) is 4.93. The molecular weight excluding hydrogens is 253 g/mol. The number of hydrogen-bond acceptors (Lipinski definition) is 3. The maximum atomic E-state index is 13.4. The van der Waals surface area contributed by atoms with Crippen LogP contribution < -0.4 is 5.32 Å². The van der Waals surface area contributed by atoms with Crippen LogP contribution in [0.2, 0.25) is 0 Å². The largest absolute Gasteiger partial charge is 0.478 e. The van der Waals surface area contributed by atoms with E-state index in [-0.39, 0.29) is 5.56 Å². The lowest BCUT2D eigenvalue weighted by Gasteiger charge is -2.09. The molecule has 0 radical (unpaired) electrons. The summed E-state index contributed by atoms with van der Waals surface area (Å²) in [4.78, 5) is 10.9. The lowest BCUT2D eigenvalue weighted by Crippen LogP contribution is -2.09. The monoisotopic (exact) mass is 271 g/mol. The molecule has 0 unspecified atom stereocenters. The van der Waals surface area contributed by atoms with Crippen molar-refractivity contribution in [2.24, 2.45) is 0 Å². The average molecular weight is 271 g/mol. The first-order valence-electron chi connectivity index (χ1n) is 5.91. The van der Waals surface area contributed by atoms with E-state index in [1.165, 1.54) is 6.07 Å². The normalized spacial score (nSPS) is 10.3. The molecule has 0 saturated carbocycles. The molecule has 0 heterocycles. The van der Waals surface area contributed by atoms with Crippen molar-refractivity contribution in [1.82, 2.24) is 0 Å². The van der Waals surface area contributed by atoms with Crippen LogP contribution in [0.3, 0.4) is 0 Å². The number of carboxylic acids is 1. The van der Waals surface area contributed by atoms with Crippen molar-refractivity contribution in [3.8, 4) is 0 Å². The smallest absolute Gasteiger partial charge is 0.340 e. The number of thioether (sulfide) groups is 1. The highest BCUT2D eigenvalue weighted by Crippen LogP contribution is 2.19. The molecule has 0 fully saturated rings. The summed E-state index contributed by atoms with van der Waals surface area (Å²) >= 11 is 1.82. The van der Waals surface area contributed by atoms with Gasteiger partial charge in [-0.2, -0.15) is 11.8 Å². The predicted octanol–water partition coefficient (Wildman–Crippen LogP) is 3.47. The molecule has 1 aromatic rings. The maximum Gasteiger partial charge on any atom is 0.340 e. The number of unbranched alkanes of at least 4 members (excludes halogenated alkanes) is 2. The number of nitrogens with one attached hydrogen (secondary N) is 1.